The number of aromatic hydroxyl groups is 1. The first-order valence-corrected chi connectivity index (χ1v) is 11.8. The lowest BCUT2D eigenvalue weighted by Crippen LogP contribution is -2.41. The number of carbonyl (C=O) groups is 3. The van der Waals surface area contributed by atoms with Crippen LogP contribution < -0.4 is 21.3 Å². The van der Waals surface area contributed by atoms with Crippen LogP contribution in [0.5, 0.6) is 5.75 Å². The van der Waals surface area contributed by atoms with Crippen molar-refractivity contribution in [3.8, 4) is 11.8 Å². The summed E-state index contributed by atoms with van der Waals surface area (Å²) in [5.74, 6) is -1.17. The molecule has 2 aromatic carbocycles. The van der Waals surface area contributed by atoms with Gasteiger partial charge in [-0.05, 0) is 49.2 Å². The zero-order valence-corrected chi connectivity index (χ0v) is 20.9. The molecule has 11 nitrogen and oxygen atoms in total. The minimum Gasteiger partial charge on any atom is -0.508 e. The van der Waals surface area contributed by atoms with E-state index in [1.807, 2.05) is 6.07 Å². The topological polar surface area (TPSA) is 176 Å². The van der Waals surface area contributed by atoms with Crippen LogP contribution in [0.4, 0.5) is 10.1 Å². The lowest BCUT2D eigenvalue weighted by Gasteiger charge is -2.22. The van der Waals surface area contributed by atoms with Crippen molar-refractivity contribution in [2.75, 3.05) is 25.0 Å². The molecule has 0 bridgehead atoms. The van der Waals surface area contributed by atoms with Crippen LogP contribution in [0.2, 0.25) is 0 Å². The van der Waals surface area contributed by atoms with Crippen molar-refractivity contribution < 1.29 is 29.0 Å². The van der Waals surface area contributed by atoms with E-state index in [0.717, 1.165) is 0 Å². The number of rotatable bonds is 9. The molecule has 0 radical (unpaired) electrons. The molecule has 3 rings (SSSR count). The molecule has 2 aromatic rings. The summed E-state index contributed by atoms with van der Waals surface area (Å²) in [4.78, 5) is 40.6. The van der Waals surface area contributed by atoms with Gasteiger partial charge in [-0.15, -0.1) is 0 Å². The molecule has 2 atom stereocenters. The first-order chi connectivity index (χ1) is 18.0. The second kappa shape index (κ2) is 12.2. The number of aliphatic hydroxyl groups is 1. The molecule has 0 saturated carbocycles. The summed E-state index contributed by atoms with van der Waals surface area (Å²) in [6.07, 6.45) is -0.572. The molecular formula is C26H29FN6O5. The summed E-state index contributed by atoms with van der Waals surface area (Å²) < 4.78 is 13.2. The highest BCUT2D eigenvalue weighted by molar-refractivity contribution is 6.00. The van der Waals surface area contributed by atoms with Crippen molar-refractivity contribution in [2.45, 2.75) is 38.1 Å². The highest BCUT2D eigenvalue weighted by Gasteiger charge is 2.22. The predicted molar refractivity (Wildman–Crippen MR) is 137 cm³/mol. The number of aliphatic imine (C=N–C) groups is 1. The van der Waals surface area contributed by atoms with Crippen LogP contribution in [0, 0.1) is 11.3 Å². The Balaban J connectivity index is 1.67. The fraction of sp³-hybridized carbons (Fsp3) is 0.346. The van der Waals surface area contributed by atoms with Gasteiger partial charge in [0.15, 0.2) is 5.96 Å². The Labute approximate surface area is 218 Å². The summed E-state index contributed by atoms with van der Waals surface area (Å²) in [6.45, 7) is 2.74. The molecule has 12 heteroatoms. The molecule has 38 heavy (non-hydrogen) atoms. The van der Waals surface area contributed by atoms with Gasteiger partial charge in [-0.25, -0.2) is 9.38 Å². The maximum Gasteiger partial charge on any atom is 0.251 e. The number of phenols is 1. The molecule has 1 heterocycles. The molecule has 0 saturated heterocycles. The molecule has 1 aliphatic rings. The fourth-order valence-electron chi connectivity index (χ4n) is 3.71. The lowest BCUT2D eigenvalue weighted by molar-refractivity contribution is -0.121. The lowest BCUT2D eigenvalue weighted by atomic mass is 9.91. The van der Waals surface area contributed by atoms with Gasteiger partial charge in [0.2, 0.25) is 5.91 Å². The van der Waals surface area contributed by atoms with Crippen molar-refractivity contribution in [3.05, 3.63) is 58.7 Å². The van der Waals surface area contributed by atoms with Crippen LogP contribution in [0.3, 0.4) is 0 Å². The first kappa shape index (κ1) is 28.1. The van der Waals surface area contributed by atoms with E-state index < -0.39 is 36.2 Å². The summed E-state index contributed by atoms with van der Waals surface area (Å²) in [6, 6.07) is 9.86. The minimum atomic E-state index is -1.25. The molecule has 200 valence electrons. The summed E-state index contributed by atoms with van der Waals surface area (Å²) in [5.41, 5.74) is 0.281. The van der Waals surface area contributed by atoms with Crippen LogP contribution in [0.15, 0.2) is 41.4 Å². The minimum absolute atomic E-state index is 0.0123. The molecule has 1 aliphatic heterocycles. The zero-order valence-electron chi connectivity index (χ0n) is 20.9. The average molecular weight is 525 g/mol. The average Bonchev–Trinajstić information content (AvgIpc) is 2.87. The van der Waals surface area contributed by atoms with Gasteiger partial charge >= 0.3 is 0 Å². The van der Waals surface area contributed by atoms with E-state index in [0.29, 0.717) is 29.1 Å². The third kappa shape index (κ3) is 7.75. The van der Waals surface area contributed by atoms with Crippen molar-refractivity contribution in [3.63, 3.8) is 0 Å². The van der Waals surface area contributed by atoms with Gasteiger partial charge in [0.25, 0.3) is 5.91 Å². The number of carbonyl (C=O) groups excluding carboxylic acids is 3. The molecule has 0 spiro atoms. The number of hydrogen-bond donors (Lipinski definition) is 6. The smallest absolute Gasteiger partial charge is 0.251 e. The Morgan fingerprint density at radius 3 is 2.68 bits per heavy atom. The third-order valence-corrected chi connectivity index (χ3v) is 5.65. The molecule has 6 N–H and O–H groups in total. The largest absolute Gasteiger partial charge is 0.508 e. The van der Waals surface area contributed by atoms with Gasteiger partial charge < -0.3 is 36.3 Å². The van der Waals surface area contributed by atoms with E-state index in [2.05, 4.69) is 26.3 Å². The highest BCUT2D eigenvalue weighted by atomic mass is 19.1. The molecular weight excluding hydrogens is 495 g/mol. The number of anilines is 1. The molecule has 2 amide bonds. The quantitative estimate of drug-likeness (QED) is 0.267. The SMILES string of the molecule is CC(C)(O)c1cc(C#N)cc([C@H](CC=O)NC(=O)CNC(=O)c2cc(O)cc(NC3=NCC(F)CN3)c2)c1. The Morgan fingerprint density at radius 2 is 2.05 bits per heavy atom. The number of amides is 2. The number of benzene rings is 2. The van der Waals surface area contributed by atoms with Crippen molar-refractivity contribution in [2.24, 2.45) is 4.99 Å². The van der Waals surface area contributed by atoms with Crippen LogP contribution in [0.1, 0.15) is 53.4 Å². The van der Waals surface area contributed by atoms with Gasteiger partial charge in [-0.3, -0.25) is 9.59 Å². The van der Waals surface area contributed by atoms with Crippen LogP contribution in [-0.4, -0.2) is 60.1 Å². The normalized spacial score (nSPS) is 15.8. The number of nitriles is 1. The molecule has 0 fully saturated rings. The third-order valence-electron chi connectivity index (χ3n) is 5.65. The van der Waals surface area contributed by atoms with E-state index in [1.165, 1.54) is 30.3 Å². The van der Waals surface area contributed by atoms with Gasteiger partial charge in [-0.2, -0.15) is 5.26 Å². The molecule has 1 unspecified atom stereocenters. The zero-order chi connectivity index (χ0) is 27.9. The highest BCUT2D eigenvalue weighted by Crippen LogP contribution is 2.26. The van der Waals surface area contributed by atoms with Gasteiger partial charge in [0, 0.05) is 23.7 Å². The molecule has 0 aliphatic carbocycles. The first-order valence-electron chi connectivity index (χ1n) is 11.8. The Bertz CT molecular complexity index is 1280. The fourth-order valence-corrected chi connectivity index (χ4v) is 3.71. The van der Waals surface area contributed by atoms with Crippen molar-refractivity contribution in [1.82, 2.24) is 16.0 Å². The molecule has 0 aromatic heterocycles. The maximum absolute atomic E-state index is 13.2. The monoisotopic (exact) mass is 524 g/mol. The Hall–Kier alpha value is -4.50. The van der Waals surface area contributed by atoms with Gasteiger partial charge in [-0.1, -0.05) is 6.07 Å². The van der Waals surface area contributed by atoms with E-state index in [4.69, 9.17) is 0 Å². The van der Waals surface area contributed by atoms with Gasteiger partial charge in [0.05, 0.1) is 42.9 Å². The number of aldehydes is 1. The van der Waals surface area contributed by atoms with Crippen molar-refractivity contribution in [1.29, 1.82) is 5.26 Å². The number of nitrogens with zero attached hydrogens (tertiary/aromatic N) is 2. The number of halogens is 1. The number of phenolic OH excluding ortho intramolecular Hbond substituents is 1. The summed E-state index contributed by atoms with van der Waals surface area (Å²) in [5, 5.41) is 40.5. The second-order valence-corrected chi connectivity index (χ2v) is 9.28. The van der Waals surface area contributed by atoms with Crippen LogP contribution >= 0.6 is 0 Å². The van der Waals surface area contributed by atoms with Crippen LogP contribution in [-0.2, 0) is 15.2 Å². The summed E-state index contributed by atoms with van der Waals surface area (Å²) >= 11 is 0. The van der Waals surface area contributed by atoms with E-state index in [9.17, 15) is 34.2 Å². The second-order valence-electron chi connectivity index (χ2n) is 9.28. The maximum atomic E-state index is 13.2. The number of hydrogen-bond acceptors (Lipinski definition) is 9. The standard InChI is InChI=1S/C26H29FN6O5/c1-26(2,38)18-6-15(11-28)5-16(7-18)22(3-4-34)33-23(36)14-29-24(37)17-8-20(10-21(35)9-17)32-25-30-12-19(27)13-31-25/h4-10,19,22,35,38H,3,12-14H2,1-2H3,(H,29,37)(H,33,36)(H2,30,31,32)/t22-/m0/s1. The Morgan fingerprint density at radius 1 is 1.29 bits per heavy atom. The van der Waals surface area contributed by atoms with E-state index in [-0.39, 0.29) is 36.4 Å². The predicted octanol–water partition coefficient (Wildman–Crippen LogP) is 1.38. The van der Waals surface area contributed by atoms with Crippen molar-refractivity contribution >= 4 is 29.7 Å². The Kier molecular flexibility index (Phi) is 8.98. The number of nitrogens with one attached hydrogen (secondary N) is 4. The van der Waals surface area contributed by atoms with E-state index in [1.54, 1.807) is 19.9 Å². The van der Waals surface area contributed by atoms with E-state index >= 15 is 0 Å². The summed E-state index contributed by atoms with van der Waals surface area (Å²) in [7, 11) is 0. The number of alkyl halides is 1. The number of guanidine groups is 1. The van der Waals surface area contributed by atoms with Gasteiger partial charge in [0.1, 0.15) is 18.2 Å². The van der Waals surface area contributed by atoms with Crippen LogP contribution in [0.25, 0.3) is 0 Å².